The second kappa shape index (κ2) is 5.22. The van der Waals surface area contributed by atoms with E-state index in [1.165, 1.54) is 0 Å². The molecule has 100 valence electrons. The summed E-state index contributed by atoms with van der Waals surface area (Å²) in [7, 11) is 0. The molecule has 1 amide bonds. The van der Waals surface area contributed by atoms with Crippen LogP contribution in [0.1, 0.15) is 18.4 Å². The fraction of sp³-hybridized carbons (Fsp3) is 0.462. The number of piperidine rings is 1. The Morgan fingerprint density at radius 3 is 3.21 bits per heavy atom. The van der Waals surface area contributed by atoms with Crippen LogP contribution in [0.2, 0.25) is 0 Å². The molecule has 0 spiro atoms. The number of nitrogens with zero attached hydrogens (tertiary/aromatic N) is 2. The van der Waals surface area contributed by atoms with E-state index in [4.69, 9.17) is 12.2 Å². The van der Waals surface area contributed by atoms with Crippen molar-refractivity contribution in [2.75, 3.05) is 6.54 Å². The Kier molecular flexibility index (Phi) is 3.44. The SMILES string of the molecule is O=C1C2CCCNC2NC(=S)N1Cc1cccnc1. The van der Waals surface area contributed by atoms with E-state index in [0.717, 1.165) is 24.9 Å². The molecule has 2 aliphatic rings. The van der Waals surface area contributed by atoms with Crippen molar-refractivity contribution in [3.8, 4) is 0 Å². The largest absolute Gasteiger partial charge is 0.346 e. The number of carbonyl (C=O) groups is 1. The summed E-state index contributed by atoms with van der Waals surface area (Å²) in [6.07, 6.45) is 5.43. The fourth-order valence-corrected chi connectivity index (χ4v) is 2.92. The lowest BCUT2D eigenvalue weighted by molar-refractivity contribution is -0.135. The molecular formula is C13H16N4OS. The smallest absolute Gasteiger partial charge is 0.235 e. The molecule has 5 nitrogen and oxygen atoms in total. The minimum Gasteiger partial charge on any atom is -0.346 e. The van der Waals surface area contributed by atoms with E-state index in [0.29, 0.717) is 11.7 Å². The summed E-state index contributed by atoms with van der Waals surface area (Å²) in [5, 5.41) is 7.04. The highest BCUT2D eigenvalue weighted by atomic mass is 32.1. The van der Waals surface area contributed by atoms with E-state index < -0.39 is 0 Å². The van der Waals surface area contributed by atoms with E-state index >= 15 is 0 Å². The zero-order valence-electron chi connectivity index (χ0n) is 10.5. The number of thiocarbonyl (C=S) groups is 1. The number of hydrogen-bond donors (Lipinski definition) is 2. The molecule has 1 aromatic heterocycles. The molecule has 1 aromatic rings. The molecule has 0 aromatic carbocycles. The van der Waals surface area contributed by atoms with Crippen LogP contribution in [0.5, 0.6) is 0 Å². The molecule has 19 heavy (non-hydrogen) atoms. The summed E-state index contributed by atoms with van der Waals surface area (Å²) in [6.45, 7) is 1.42. The first-order valence-corrected chi connectivity index (χ1v) is 6.91. The van der Waals surface area contributed by atoms with Crippen molar-refractivity contribution in [3.05, 3.63) is 30.1 Å². The van der Waals surface area contributed by atoms with Crippen LogP contribution in [0.15, 0.2) is 24.5 Å². The van der Waals surface area contributed by atoms with Gasteiger partial charge in [-0.2, -0.15) is 0 Å². The van der Waals surface area contributed by atoms with Crippen LogP contribution in [0.4, 0.5) is 0 Å². The Bertz CT molecular complexity index is 493. The van der Waals surface area contributed by atoms with Crippen molar-refractivity contribution < 1.29 is 4.79 Å². The number of carbonyl (C=O) groups excluding carboxylic acids is 1. The van der Waals surface area contributed by atoms with Gasteiger partial charge in [0.25, 0.3) is 0 Å². The topological polar surface area (TPSA) is 57.3 Å². The minimum absolute atomic E-state index is 0.00102. The third-order valence-corrected chi connectivity index (χ3v) is 3.97. The van der Waals surface area contributed by atoms with Crippen molar-refractivity contribution in [1.29, 1.82) is 0 Å². The molecule has 2 N–H and O–H groups in total. The molecule has 2 aliphatic heterocycles. The van der Waals surface area contributed by atoms with Gasteiger partial charge in [0.1, 0.15) is 0 Å². The number of hydrogen-bond acceptors (Lipinski definition) is 4. The van der Waals surface area contributed by atoms with Crippen molar-refractivity contribution in [1.82, 2.24) is 20.5 Å². The van der Waals surface area contributed by atoms with Gasteiger partial charge in [0.05, 0.1) is 18.6 Å². The highest BCUT2D eigenvalue weighted by molar-refractivity contribution is 7.80. The summed E-state index contributed by atoms with van der Waals surface area (Å²) in [5.41, 5.74) is 0.988. The Labute approximate surface area is 117 Å². The number of amides is 1. The quantitative estimate of drug-likeness (QED) is 0.776. The molecule has 3 heterocycles. The lowest BCUT2D eigenvalue weighted by Gasteiger charge is -2.42. The van der Waals surface area contributed by atoms with Gasteiger partial charge in [-0.15, -0.1) is 0 Å². The van der Waals surface area contributed by atoms with Gasteiger partial charge in [-0.25, -0.2) is 0 Å². The maximum atomic E-state index is 12.5. The van der Waals surface area contributed by atoms with Crippen LogP contribution in [0.25, 0.3) is 0 Å². The van der Waals surface area contributed by atoms with Crippen LogP contribution >= 0.6 is 12.2 Å². The predicted molar refractivity (Wildman–Crippen MR) is 75.0 cm³/mol. The molecule has 0 bridgehead atoms. The molecule has 0 aliphatic carbocycles. The second-order valence-corrected chi connectivity index (χ2v) is 5.30. The number of fused-ring (bicyclic) bond motifs is 1. The first-order chi connectivity index (χ1) is 9.25. The van der Waals surface area contributed by atoms with Gasteiger partial charge in [0.2, 0.25) is 5.91 Å². The van der Waals surface area contributed by atoms with E-state index in [1.54, 1.807) is 17.3 Å². The number of rotatable bonds is 2. The van der Waals surface area contributed by atoms with Crippen LogP contribution in [0.3, 0.4) is 0 Å². The molecular weight excluding hydrogens is 260 g/mol. The Hall–Kier alpha value is -1.53. The van der Waals surface area contributed by atoms with Crippen LogP contribution in [0, 0.1) is 5.92 Å². The van der Waals surface area contributed by atoms with Crippen molar-refractivity contribution in [3.63, 3.8) is 0 Å². The van der Waals surface area contributed by atoms with E-state index in [2.05, 4.69) is 15.6 Å². The molecule has 2 fully saturated rings. The van der Waals surface area contributed by atoms with E-state index in [-0.39, 0.29) is 18.0 Å². The monoisotopic (exact) mass is 276 g/mol. The second-order valence-electron chi connectivity index (χ2n) is 4.92. The van der Waals surface area contributed by atoms with Gasteiger partial charge in [-0.3, -0.25) is 20.0 Å². The predicted octanol–water partition coefficient (Wildman–Crippen LogP) is 0.624. The molecule has 2 atom stereocenters. The first-order valence-electron chi connectivity index (χ1n) is 6.50. The number of aromatic nitrogens is 1. The summed E-state index contributed by atoms with van der Waals surface area (Å²) >= 11 is 5.31. The Morgan fingerprint density at radius 2 is 2.42 bits per heavy atom. The Morgan fingerprint density at radius 1 is 1.53 bits per heavy atom. The van der Waals surface area contributed by atoms with Gasteiger partial charge < -0.3 is 5.32 Å². The molecule has 0 radical (unpaired) electrons. The maximum Gasteiger partial charge on any atom is 0.235 e. The molecule has 2 saturated heterocycles. The highest BCUT2D eigenvalue weighted by Crippen LogP contribution is 2.23. The zero-order chi connectivity index (χ0) is 13.2. The first kappa shape index (κ1) is 12.5. The minimum atomic E-state index is -0.0166. The average molecular weight is 276 g/mol. The van der Waals surface area contributed by atoms with Gasteiger partial charge in [-0.05, 0) is 43.2 Å². The molecule has 3 rings (SSSR count). The van der Waals surface area contributed by atoms with Gasteiger partial charge in [0, 0.05) is 12.4 Å². The van der Waals surface area contributed by atoms with Gasteiger partial charge >= 0.3 is 0 Å². The van der Waals surface area contributed by atoms with Crippen LogP contribution in [-0.4, -0.2) is 33.6 Å². The molecule has 0 saturated carbocycles. The summed E-state index contributed by atoms with van der Waals surface area (Å²) in [6, 6.07) is 3.82. The Balaban J connectivity index is 1.77. The molecule has 2 unspecified atom stereocenters. The highest BCUT2D eigenvalue weighted by Gasteiger charge is 2.40. The van der Waals surface area contributed by atoms with E-state index in [1.807, 2.05) is 12.1 Å². The maximum absolute atomic E-state index is 12.5. The van der Waals surface area contributed by atoms with Crippen LogP contribution < -0.4 is 10.6 Å². The fourth-order valence-electron chi connectivity index (χ4n) is 2.64. The van der Waals surface area contributed by atoms with Crippen molar-refractivity contribution in [2.24, 2.45) is 5.92 Å². The standard InChI is InChI=1S/C13H16N4OS/c18-12-10-4-2-6-15-11(10)16-13(19)17(12)8-9-3-1-5-14-7-9/h1,3,5,7,10-11,15H,2,4,6,8H2,(H,16,19). The van der Waals surface area contributed by atoms with Crippen LogP contribution in [-0.2, 0) is 11.3 Å². The number of pyridine rings is 1. The summed E-state index contributed by atoms with van der Waals surface area (Å²) < 4.78 is 0. The summed E-state index contributed by atoms with van der Waals surface area (Å²) in [5.74, 6) is 0.0990. The molecule has 6 heteroatoms. The van der Waals surface area contributed by atoms with Crippen molar-refractivity contribution in [2.45, 2.75) is 25.6 Å². The lowest BCUT2D eigenvalue weighted by Crippen LogP contribution is -2.65. The van der Waals surface area contributed by atoms with E-state index in [9.17, 15) is 4.79 Å². The number of nitrogens with one attached hydrogen (secondary N) is 2. The third kappa shape index (κ3) is 2.46. The third-order valence-electron chi connectivity index (χ3n) is 3.63. The van der Waals surface area contributed by atoms with Gasteiger partial charge in [-0.1, -0.05) is 6.07 Å². The van der Waals surface area contributed by atoms with Gasteiger partial charge in [0.15, 0.2) is 5.11 Å². The normalized spacial score (nSPS) is 26.8. The lowest BCUT2D eigenvalue weighted by atomic mass is 9.92. The average Bonchev–Trinajstić information content (AvgIpc) is 2.45. The zero-order valence-corrected chi connectivity index (χ0v) is 11.3. The van der Waals surface area contributed by atoms with Crippen molar-refractivity contribution >= 4 is 23.2 Å². The summed E-state index contributed by atoms with van der Waals surface area (Å²) in [4.78, 5) is 18.2.